The van der Waals surface area contributed by atoms with Crippen LogP contribution in [-0.4, -0.2) is 17.6 Å². The lowest BCUT2D eigenvalue weighted by Crippen LogP contribution is -2.35. The molecule has 1 aromatic rings. The molecular formula is C15H26N2. The Morgan fingerprint density at radius 2 is 2.12 bits per heavy atom. The van der Waals surface area contributed by atoms with Gasteiger partial charge in [-0.3, -0.25) is 4.98 Å². The summed E-state index contributed by atoms with van der Waals surface area (Å²) in [5.41, 5.74) is 1.69. The summed E-state index contributed by atoms with van der Waals surface area (Å²) in [7, 11) is 0. The molecule has 0 saturated heterocycles. The van der Waals surface area contributed by atoms with Crippen LogP contribution in [0.25, 0.3) is 0 Å². The van der Waals surface area contributed by atoms with Crippen molar-refractivity contribution in [3.8, 4) is 0 Å². The van der Waals surface area contributed by atoms with Crippen LogP contribution in [0.1, 0.15) is 46.1 Å². The molecule has 0 bridgehead atoms. The molecule has 1 rings (SSSR count). The number of aromatic nitrogens is 1. The van der Waals surface area contributed by atoms with E-state index >= 15 is 0 Å². The van der Waals surface area contributed by atoms with E-state index in [4.69, 9.17) is 0 Å². The molecule has 0 amide bonds. The van der Waals surface area contributed by atoms with Gasteiger partial charge in [-0.1, -0.05) is 33.8 Å². The fourth-order valence-electron chi connectivity index (χ4n) is 2.11. The van der Waals surface area contributed by atoms with E-state index in [-0.39, 0.29) is 0 Å². The van der Waals surface area contributed by atoms with Crippen LogP contribution in [0, 0.1) is 5.41 Å². The third-order valence-corrected chi connectivity index (χ3v) is 2.75. The zero-order valence-corrected chi connectivity index (χ0v) is 11.7. The van der Waals surface area contributed by atoms with Crippen molar-refractivity contribution in [2.75, 3.05) is 6.54 Å². The molecule has 0 aliphatic carbocycles. The van der Waals surface area contributed by atoms with Crippen LogP contribution in [0.15, 0.2) is 24.5 Å². The number of nitrogens with zero attached hydrogens (tertiary/aromatic N) is 1. The Balaban J connectivity index is 2.57. The van der Waals surface area contributed by atoms with Crippen LogP contribution in [0.2, 0.25) is 0 Å². The van der Waals surface area contributed by atoms with E-state index in [1.165, 1.54) is 18.4 Å². The van der Waals surface area contributed by atoms with Gasteiger partial charge in [-0.15, -0.1) is 0 Å². The highest BCUT2D eigenvalue weighted by Crippen LogP contribution is 2.22. The summed E-state index contributed by atoms with van der Waals surface area (Å²) < 4.78 is 0. The third kappa shape index (κ3) is 6.42. The summed E-state index contributed by atoms with van der Waals surface area (Å²) in [5.74, 6) is 0. The second kappa shape index (κ2) is 6.75. The Bertz CT molecular complexity index is 300. The van der Waals surface area contributed by atoms with Crippen LogP contribution in [0.5, 0.6) is 0 Å². The molecule has 1 N–H and O–H groups in total. The van der Waals surface area contributed by atoms with Crippen molar-refractivity contribution in [3.05, 3.63) is 30.1 Å². The lowest BCUT2D eigenvalue weighted by Gasteiger charge is -2.27. The van der Waals surface area contributed by atoms with Crippen LogP contribution in [0.4, 0.5) is 0 Å². The molecule has 96 valence electrons. The van der Waals surface area contributed by atoms with E-state index in [2.05, 4.69) is 44.1 Å². The first-order valence-corrected chi connectivity index (χ1v) is 6.63. The molecule has 17 heavy (non-hydrogen) atoms. The smallest absolute Gasteiger partial charge is 0.0300 e. The van der Waals surface area contributed by atoms with Crippen molar-refractivity contribution < 1.29 is 0 Å². The van der Waals surface area contributed by atoms with E-state index < -0.39 is 0 Å². The van der Waals surface area contributed by atoms with E-state index in [0.717, 1.165) is 13.0 Å². The fraction of sp³-hybridized carbons (Fsp3) is 0.667. The maximum Gasteiger partial charge on any atom is 0.0300 e. The van der Waals surface area contributed by atoms with E-state index in [0.29, 0.717) is 11.5 Å². The molecule has 2 nitrogen and oxygen atoms in total. The summed E-state index contributed by atoms with van der Waals surface area (Å²) in [6.45, 7) is 10.2. The van der Waals surface area contributed by atoms with Gasteiger partial charge >= 0.3 is 0 Å². The van der Waals surface area contributed by atoms with Gasteiger partial charge in [0.05, 0.1) is 0 Å². The molecule has 1 atom stereocenters. The van der Waals surface area contributed by atoms with Gasteiger partial charge in [0.2, 0.25) is 0 Å². The zero-order valence-electron chi connectivity index (χ0n) is 11.7. The quantitative estimate of drug-likeness (QED) is 0.815. The van der Waals surface area contributed by atoms with Crippen molar-refractivity contribution in [1.29, 1.82) is 0 Å². The number of hydrogen-bond donors (Lipinski definition) is 1. The SMILES string of the molecule is CCCNC(Cc1cccnc1)CC(C)(C)C. The maximum absolute atomic E-state index is 4.19. The molecule has 1 heterocycles. The highest BCUT2D eigenvalue weighted by molar-refractivity contribution is 5.10. The molecule has 1 aromatic heterocycles. The Morgan fingerprint density at radius 3 is 2.65 bits per heavy atom. The van der Waals surface area contributed by atoms with E-state index in [9.17, 15) is 0 Å². The summed E-state index contributed by atoms with van der Waals surface area (Å²) in [6, 6.07) is 4.73. The van der Waals surface area contributed by atoms with Crippen molar-refractivity contribution >= 4 is 0 Å². The largest absolute Gasteiger partial charge is 0.314 e. The van der Waals surface area contributed by atoms with Crippen LogP contribution < -0.4 is 5.32 Å². The zero-order chi connectivity index (χ0) is 12.7. The highest BCUT2D eigenvalue weighted by Gasteiger charge is 2.18. The summed E-state index contributed by atoms with van der Waals surface area (Å²) in [5, 5.41) is 3.65. The minimum Gasteiger partial charge on any atom is -0.314 e. The lowest BCUT2D eigenvalue weighted by molar-refractivity contribution is 0.306. The number of rotatable bonds is 6. The Morgan fingerprint density at radius 1 is 1.35 bits per heavy atom. The van der Waals surface area contributed by atoms with Crippen LogP contribution >= 0.6 is 0 Å². The number of nitrogens with one attached hydrogen (secondary N) is 1. The highest BCUT2D eigenvalue weighted by atomic mass is 14.9. The lowest BCUT2D eigenvalue weighted by atomic mass is 9.86. The van der Waals surface area contributed by atoms with Gasteiger partial charge in [-0.05, 0) is 42.9 Å². The molecule has 0 spiro atoms. The van der Waals surface area contributed by atoms with Crippen molar-refractivity contribution in [2.24, 2.45) is 5.41 Å². The Kier molecular flexibility index (Phi) is 5.63. The van der Waals surface area contributed by atoms with Gasteiger partial charge in [0.1, 0.15) is 0 Å². The van der Waals surface area contributed by atoms with Gasteiger partial charge in [0.15, 0.2) is 0 Å². The standard InChI is InChI=1S/C15H26N2/c1-5-8-17-14(11-15(2,3)4)10-13-7-6-9-16-12-13/h6-7,9,12,14,17H,5,8,10-11H2,1-4H3. The average Bonchev–Trinajstić information content (AvgIpc) is 2.25. The summed E-state index contributed by atoms with van der Waals surface area (Å²) in [6.07, 6.45) is 7.27. The number of hydrogen-bond acceptors (Lipinski definition) is 2. The van der Waals surface area contributed by atoms with E-state index in [1.807, 2.05) is 18.5 Å². The topological polar surface area (TPSA) is 24.9 Å². The summed E-state index contributed by atoms with van der Waals surface area (Å²) in [4.78, 5) is 4.19. The molecular weight excluding hydrogens is 208 g/mol. The van der Waals surface area contributed by atoms with Crippen LogP contribution in [-0.2, 0) is 6.42 Å². The van der Waals surface area contributed by atoms with E-state index in [1.54, 1.807) is 0 Å². The molecule has 0 aliphatic rings. The molecule has 0 aromatic carbocycles. The van der Waals surface area contributed by atoms with Gasteiger partial charge in [0, 0.05) is 18.4 Å². The number of pyridine rings is 1. The molecule has 1 unspecified atom stereocenters. The first-order valence-electron chi connectivity index (χ1n) is 6.63. The molecule has 0 fully saturated rings. The van der Waals surface area contributed by atoms with Gasteiger partial charge in [0.25, 0.3) is 0 Å². The minimum atomic E-state index is 0.369. The van der Waals surface area contributed by atoms with Crippen molar-refractivity contribution in [2.45, 2.75) is 53.0 Å². The van der Waals surface area contributed by atoms with Crippen molar-refractivity contribution in [3.63, 3.8) is 0 Å². The maximum atomic E-state index is 4.19. The fourth-order valence-corrected chi connectivity index (χ4v) is 2.11. The van der Waals surface area contributed by atoms with Crippen molar-refractivity contribution in [1.82, 2.24) is 10.3 Å². The Labute approximate surface area is 106 Å². The molecule has 0 saturated carbocycles. The molecule has 0 radical (unpaired) electrons. The predicted molar refractivity (Wildman–Crippen MR) is 74.1 cm³/mol. The van der Waals surface area contributed by atoms with Gasteiger partial charge in [-0.25, -0.2) is 0 Å². The normalized spacial score (nSPS) is 13.6. The second-order valence-electron chi connectivity index (χ2n) is 5.98. The van der Waals surface area contributed by atoms with Crippen LogP contribution in [0.3, 0.4) is 0 Å². The van der Waals surface area contributed by atoms with Gasteiger partial charge < -0.3 is 5.32 Å². The minimum absolute atomic E-state index is 0.369. The first kappa shape index (κ1) is 14.2. The Hall–Kier alpha value is -0.890. The summed E-state index contributed by atoms with van der Waals surface area (Å²) >= 11 is 0. The molecule has 0 aliphatic heterocycles. The second-order valence-corrected chi connectivity index (χ2v) is 5.98. The monoisotopic (exact) mass is 234 g/mol. The first-order chi connectivity index (χ1) is 8.01. The third-order valence-electron chi connectivity index (χ3n) is 2.75. The average molecular weight is 234 g/mol. The molecule has 2 heteroatoms. The van der Waals surface area contributed by atoms with Gasteiger partial charge in [-0.2, -0.15) is 0 Å². The predicted octanol–water partition coefficient (Wildman–Crippen LogP) is 3.43.